The SMILES string of the molecule is Cc1cc(-c2nc(Nc3cnn(C)c3)nc3nc[nH]c23)ccc1CN1CCn2c(cc3c2CCC3)C1=O. The lowest BCUT2D eigenvalue weighted by Gasteiger charge is -2.30. The van der Waals surface area contributed by atoms with Gasteiger partial charge in [-0.05, 0) is 55.0 Å². The minimum Gasteiger partial charge on any atom is -0.341 e. The van der Waals surface area contributed by atoms with E-state index in [1.54, 1.807) is 17.2 Å². The number of aromatic nitrogens is 7. The molecule has 2 N–H and O–H groups in total. The molecule has 0 spiro atoms. The molecule has 0 radical (unpaired) electrons. The predicted octanol–water partition coefficient (Wildman–Crippen LogP) is 3.75. The molecule has 1 amide bonds. The van der Waals surface area contributed by atoms with Gasteiger partial charge in [-0.2, -0.15) is 10.1 Å². The number of rotatable bonds is 5. The molecule has 5 heterocycles. The zero-order valence-electron chi connectivity index (χ0n) is 20.8. The normalized spacial score (nSPS) is 14.9. The quantitative estimate of drug-likeness (QED) is 0.386. The minimum absolute atomic E-state index is 0.130. The lowest BCUT2D eigenvalue weighted by atomic mass is 10.0. The second kappa shape index (κ2) is 8.29. The second-order valence-electron chi connectivity index (χ2n) is 9.90. The zero-order chi connectivity index (χ0) is 25.1. The molecule has 186 valence electrons. The number of H-pyrrole nitrogens is 1. The van der Waals surface area contributed by atoms with Crippen LogP contribution in [0.5, 0.6) is 0 Å². The molecule has 0 fully saturated rings. The van der Waals surface area contributed by atoms with Crippen LogP contribution in [-0.2, 0) is 33.0 Å². The van der Waals surface area contributed by atoms with Gasteiger partial charge in [0.05, 0.1) is 18.2 Å². The number of amides is 1. The summed E-state index contributed by atoms with van der Waals surface area (Å²) in [7, 11) is 1.86. The maximum absolute atomic E-state index is 13.3. The molecule has 1 aliphatic carbocycles. The molecule has 37 heavy (non-hydrogen) atoms. The summed E-state index contributed by atoms with van der Waals surface area (Å²) in [6.45, 7) is 4.29. The van der Waals surface area contributed by atoms with E-state index in [1.807, 2.05) is 18.1 Å². The molecule has 1 aromatic carbocycles. The number of benzene rings is 1. The van der Waals surface area contributed by atoms with Crippen LogP contribution >= 0.6 is 0 Å². The summed E-state index contributed by atoms with van der Waals surface area (Å²) < 4.78 is 3.97. The monoisotopic (exact) mass is 493 g/mol. The van der Waals surface area contributed by atoms with Crippen LogP contribution in [0, 0.1) is 6.92 Å². The number of carbonyl (C=O) groups is 1. The first-order valence-electron chi connectivity index (χ1n) is 12.6. The third-order valence-electron chi connectivity index (χ3n) is 7.48. The highest BCUT2D eigenvalue weighted by atomic mass is 16.2. The largest absolute Gasteiger partial charge is 0.341 e. The van der Waals surface area contributed by atoms with Crippen LogP contribution in [0.3, 0.4) is 0 Å². The number of carbonyl (C=O) groups excluding carboxylic acids is 1. The minimum atomic E-state index is 0.130. The second-order valence-corrected chi connectivity index (χ2v) is 9.90. The van der Waals surface area contributed by atoms with Crippen molar-refractivity contribution in [3.63, 3.8) is 0 Å². The van der Waals surface area contributed by atoms with E-state index in [0.717, 1.165) is 65.2 Å². The summed E-state index contributed by atoms with van der Waals surface area (Å²) in [6, 6.07) is 8.40. The van der Waals surface area contributed by atoms with Crippen LogP contribution < -0.4 is 5.32 Å². The van der Waals surface area contributed by atoms with Gasteiger partial charge in [-0.15, -0.1) is 0 Å². The maximum Gasteiger partial charge on any atom is 0.270 e. The van der Waals surface area contributed by atoms with E-state index in [2.05, 4.69) is 61.1 Å². The molecule has 0 unspecified atom stereocenters. The summed E-state index contributed by atoms with van der Waals surface area (Å²) >= 11 is 0. The number of anilines is 2. The molecule has 7 rings (SSSR count). The van der Waals surface area contributed by atoms with Crippen LogP contribution in [0.4, 0.5) is 11.6 Å². The smallest absolute Gasteiger partial charge is 0.270 e. The Kier molecular flexibility index (Phi) is 4.88. The topological polar surface area (TPSA) is 110 Å². The van der Waals surface area contributed by atoms with Gasteiger partial charge in [-0.25, -0.2) is 9.97 Å². The Labute approximate surface area is 213 Å². The van der Waals surface area contributed by atoms with Crippen molar-refractivity contribution < 1.29 is 4.79 Å². The molecule has 0 saturated carbocycles. The van der Waals surface area contributed by atoms with E-state index in [9.17, 15) is 4.79 Å². The van der Waals surface area contributed by atoms with E-state index >= 15 is 0 Å². The molecular formula is C27H27N9O. The van der Waals surface area contributed by atoms with Gasteiger partial charge in [0.15, 0.2) is 5.65 Å². The van der Waals surface area contributed by atoms with Crippen molar-refractivity contribution in [2.75, 3.05) is 11.9 Å². The Hall–Kier alpha value is -4.47. The summed E-state index contributed by atoms with van der Waals surface area (Å²) in [6.07, 6.45) is 8.61. The van der Waals surface area contributed by atoms with Gasteiger partial charge in [0.2, 0.25) is 5.95 Å². The molecular weight excluding hydrogens is 466 g/mol. The molecule has 2 aliphatic rings. The molecule has 0 saturated heterocycles. The molecule has 4 aromatic heterocycles. The van der Waals surface area contributed by atoms with Gasteiger partial charge in [0.25, 0.3) is 5.91 Å². The summed E-state index contributed by atoms with van der Waals surface area (Å²) in [5, 5.41) is 7.41. The van der Waals surface area contributed by atoms with E-state index in [0.29, 0.717) is 18.1 Å². The standard InChI is InChI=1S/C27H27N9O/c1-16-10-18(23-24-25(29-15-28-24)33-27(32-23)31-20-12-30-34(2)14-20)6-7-19(16)13-35-8-9-36-21-5-3-4-17(21)11-22(36)26(35)37/h6-7,10-12,14-15H,3-5,8-9,13H2,1-2H3,(H2,28,29,31,32,33). The van der Waals surface area contributed by atoms with Crippen LogP contribution in [0.15, 0.2) is 43.0 Å². The van der Waals surface area contributed by atoms with Crippen LogP contribution in [0.2, 0.25) is 0 Å². The Balaban J connectivity index is 1.17. The number of aryl methyl sites for hydroxylation is 3. The van der Waals surface area contributed by atoms with Crippen LogP contribution in [-0.4, -0.2) is 51.6 Å². The van der Waals surface area contributed by atoms with Crippen molar-refractivity contribution in [3.05, 3.63) is 71.1 Å². The number of fused-ring (bicyclic) bond motifs is 4. The summed E-state index contributed by atoms with van der Waals surface area (Å²) in [5.41, 5.74) is 9.73. The molecule has 0 bridgehead atoms. The van der Waals surface area contributed by atoms with E-state index in [-0.39, 0.29) is 5.91 Å². The fourth-order valence-corrected chi connectivity index (χ4v) is 5.61. The molecule has 0 atom stereocenters. The molecule has 1 aliphatic heterocycles. The number of aromatic amines is 1. The first-order valence-corrected chi connectivity index (χ1v) is 12.6. The van der Waals surface area contributed by atoms with Gasteiger partial charge in [0, 0.05) is 44.1 Å². The van der Waals surface area contributed by atoms with Crippen LogP contribution in [0.25, 0.3) is 22.4 Å². The average molecular weight is 494 g/mol. The number of hydrogen-bond donors (Lipinski definition) is 2. The Morgan fingerprint density at radius 1 is 1.14 bits per heavy atom. The van der Waals surface area contributed by atoms with Gasteiger partial charge in [-0.3, -0.25) is 9.48 Å². The van der Waals surface area contributed by atoms with E-state index in [1.165, 1.54) is 17.7 Å². The van der Waals surface area contributed by atoms with Crippen molar-refractivity contribution in [2.45, 2.75) is 39.3 Å². The highest BCUT2D eigenvalue weighted by Crippen LogP contribution is 2.31. The molecule has 5 aromatic rings. The van der Waals surface area contributed by atoms with Crippen molar-refractivity contribution in [1.82, 2.24) is 39.2 Å². The Bertz CT molecular complexity index is 1670. The van der Waals surface area contributed by atoms with E-state index in [4.69, 9.17) is 4.98 Å². The first-order chi connectivity index (χ1) is 18.0. The van der Waals surface area contributed by atoms with Crippen molar-refractivity contribution in [2.24, 2.45) is 7.05 Å². The fraction of sp³-hybridized carbons (Fsp3) is 0.296. The summed E-state index contributed by atoms with van der Waals surface area (Å²) in [4.78, 5) is 32.1. The van der Waals surface area contributed by atoms with Gasteiger partial charge >= 0.3 is 0 Å². The Morgan fingerprint density at radius 2 is 2.05 bits per heavy atom. The lowest BCUT2D eigenvalue weighted by Crippen LogP contribution is -2.40. The predicted molar refractivity (Wildman–Crippen MR) is 140 cm³/mol. The number of imidazole rings is 1. The van der Waals surface area contributed by atoms with Gasteiger partial charge in [-0.1, -0.05) is 12.1 Å². The number of nitrogens with one attached hydrogen (secondary N) is 2. The summed E-state index contributed by atoms with van der Waals surface area (Å²) in [5.74, 6) is 0.586. The zero-order valence-corrected chi connectivity index (χ0v) is 20.8. The maximum atomic E-state index is 13.3. The van der Waals surface area contributed by atoms with Gasteiger partial charge < -0.3 is 19.8 Å². The van der Waals surface area contributed by atoms with Gasteiger partial charge in [0.1, 0.15) is 16.9 Å². The molecule has 10 nitrogen and oxygen atoms in total. The molecule has 10 heteroatoms. The number of nitrogens with zero attached hydrogens (tertiary/aromatic N) is 7. The first kappa shape index (κ1) is 21.8. The fourth-order valence-electron chi connectivity index (χ4n) is 5.61. The third kappa shape index (κ3) is 3.67. The van der Waals surface area contributed by atoms with Crippen molar-refractivity contribution >= 4 is 28.7 Å². The van der Waals surface area contributed by atoms with Crippen molar-refractivity contribution in [1.29, 1.82) is 0 Å². The van der Waals surface area contributed by atoms with Crippen molar-refractivity contribution in [3.8, 4) is 11.3 Å². The third-order valence-corrected chi connectivity index (χ3v) is 7.48. The highest BCUT2D eigenvalue weighted by Gasteiger charge is 2.30. The number of hydrogen-bond acceptors (Lipinski definition) is 6. The Morgan fingerprint density at radius 3 is 2.89 bits per heavy atom. The lowest BCUT2D eigenvalue weighted by molar-refractivity contribution is 0.0689. The van der Waals surface area contributed by atoms with Crippen LogP contribution in [0.1, 0.15) is 39.3 Å². The average Bonchev–Trinajstić information content (AvgIpc) is 3.67. The highest BCUT2D eigenvalue weighted by molar-refractivity contribution is 5.94. The van der Waals surface area contributed by atoms with E-state index < -0.39 is 0 Å².